The predicted octanol–water partition coefficient (Wildman–Crippen LogP) is 4.77. The normalized spacial score (nSPS) is 15.8. The first-order chi connectivity index (χ1) is 15.0. The number of amides is 2. The van der Waals surface area contributed by atoms with Crippen LogP contribution in [0.1, 0.15) is 50.3 Å². The predicted molar refractivity (Wildman–Crippen MR) is 115 cm³/mol. The van der Waals surface area contributed by atoms with Crippen molar-refractivity contribution in [2.75, 3.05) is 6.61 Å². The number of carbonyl (C=O) groups excluding carboxylic acids is 2. The molecule has 2 aromatic carbocycles. The maximum absolute atomic E-state index is 13.8. The minimum absolute atomic E-state index is 0.102. The highest BCUT2D eigenvalue weighted by Crippen LogP contribution is 2.30. The second-order valence-electron chi connectivity index (χ2n) is 7.20. The Morgan fingerprint density at radius 1 is 1.10 bits per heavy atom. The Morgan fingerprint density at radius 2 is 1.84 bits per heavy atom. The van der Waals surface area contributed by atoms with Crippen molar-refractivity contribution >= 4 is 12.0 Å². The summed E-state index contributed by atoms with van der Waals surface area (Å²) in [5.74, 6) is -0.216. The van der Waals surface area contributed by atoms with Crippen LogP contribution in [0.15, 0.2) is 59.8 Å². The van der Waals surface area contributed by atoms with E-state index in [9.17, 15) is 14.0 Å². The fourth-order valence-corrected chi connectivity index (χ4v) is 3.40. The molecule has 31 heavy (non-hydrogen) atoms. The van der Waals surface area contributed by atoms with Crippen molar-refractivity contribution in [3.63, 3.8) is 0 Å². The van der Waals surface area contributed by atoms with Crippen molar-refractivity contribution in [3.05, 3.63) is 76.7 Å². The molecule has 6 nitrogen and oxygen atoms in total. The number of hydrogen-bond donors (Lipinski definition) is 2. The van der Waals surface area contributed by atoms with Gasteiger partial charge in [0.25, 0.3) is 0 Å². The molecule has 0 fully saturated rings. The van der Waals surface area contributed by atoms with Crippen LogP contribution in [-0.2, 0) is 16.1 Å². The van der Waals surface area contributed by atoms with E-state index in [2.05, 4.69) is 10.6 Å². The summed E-state index contributed by atoms with van der Waals surface area (Å²) in [7, 11) is 0. The molecule has 0 aliphatic carbocycles. The largest absolute Gasteiger partial charge is 0.489 e. The fourth-order valence-electron chi connectivity index (χ4n) is 3.40. The lowest BCUT2D eigenvalue weighted by Gasteiger charge is -2.29. The minimum atomic E-state index is -0.625. The second kappa shape index (κ2) is 10.6. The first kappa shape index (κ1) is 22.3. The number of nitrogens with one attached hydrogen (secondary N) is 2. The molecule has 1 unspecified atom stereocenters. The van der Waals surface area contributed by atoms with Gasteiger partial charge in [-0.1, -0.05) is 43.7 Å². The first-order valence-corrected chi connectivity index (χ1v) is 10.5. The van der Waals surface area contributed by atoms with Crippen molar-refractivity contribution in [1.29, 1.82) is 0 Å². The lowest BCUT2D eigenvalue weighted by Crippen LogP contribution is -2.46. The molecule has 0 aromatic heterocycles. The zero-order valence-corrected chi connectivity index (χ0v) is 17.7. The minimum Gasteiger partial charge on any atom is -0.489 e. The molecule has 2 amide bonds. The summed E-state index contributed by atoms with van der Waals surface area (Å²) in [6.45, 7) is 4.14. The van der Waals surface area contributed by atoms with E-state index in [1.807, 2.05) is 6.92 Å². The first-order valence-electron chi connectivity index (χ1n) is 10.5. The molecule has 1 atom stereocenters. The fraction of sp³-hybridized carbons (Fsp3) is 0.333. The Labute approximate surface area is 181 Å². The molecule has 7 heteroatoms. The van der Waals surface area contributed by atoms with Gasteiger partial charge in [-0.05, 0) is 43.5 Å². The number of hydrogen-bond acceptors (Lipinski definition) is 4. The average molecular weight is 426 g/mol. The summed E-state index contributed by atoms with van der Waals surface area (Å²) in [6.07, 6.45) is 2.36. The van der Waals surface area contributed by atoms with E-state index in [0.29, 0.717) is 29.0 Å². The number of benzene rings is 2. The highest BCUT2D eigenvalue weighted by molar-refractivity contribution is 5.95. The van der Waals surface area contributed by atoms with Gasteiger partial charge < -0.3 is 20.1 Å². The summed E-state index contributed by atoms with van der Waals surface area (Å²) in [5, 5.41) is 5.58. The van der Waals surface area contributed by atoms with Crippen LogP contribution in [0.3, 0.4) is 0 Å². The van der Waals surface area contributed by atoms with E-state index in [1.165, 1.54) is 6.07 Å². The van der Waals surface area contributed by atoms with Gasteiger partial charge in [-0.2, -0.15) is 0 Å². The van der Waals surface area contributed by atoms with Crippen LogP contribution in [0, 0.1) is 5.82 Å². The standard InChI is InChI=1S/C24H27FN2O4/c1-3-5-10-20-21(23(28)30-4-2)22(27-24(29)26-20)16-11-13-18(14-12-16)31-15-17-8-6-7-9-19(17)25/h6-9,11-14,22H,3-5,10,15H2,1-2H3,(H2,26,27,29). The second-order valence-corrected chi connectivity index (χ2v) is 7.20. The van der Waals surface area contributed by atoms with Gasteiger partial charge in [-0.3, -0.25) is 0 Å². The third-order valence-corrected chi connectivity index (χ3v) is 4.99. The number of unbranched alkanes of at least 4 members (excludes halogenated alkanes) is 1. The topological polar surface area (TPSA) is 76.7 Å². The summed E-state index contributed by atoms with van der Waals surface area (Å²) in [5.41, 5.74) is 2.19. The van der Waals surface area contributed by atoms with Gasteiger partial charge in [0.15, 0.2) is 0 Å². The number of esters is 1. The van der Waals surface area contributed by atoms with Crippen LogP contribution in [0.2, 0.25) is 0 Å². The number of allylic oxidation sites excluding steroid dienone is 1. The van der Waals surface area contributed by atoms with Crippen molar-refractivity contribution in [2.45, 2.75) is 45.8 Å². The molecule has 0 saturated heterocycles. The maximum Gasteiger partial charge on any atom is 0.338 e. The van der Waals surface area contributed by atoms with E-state index >= 15 is 0 Å². The van der Waals surface area contributed by atoms with Crippen LogP contribution < -0.4 is 15.4 Å². The number of rotatable bonds is 9. The molecule has 0 bridgehead atoms. The molecule has 164 valence electrons. The number of carbonyl (C=O) groups is 2. The Bertz CT molecular complexity index is 956. The van der Waals surface area contributed by atoms with Crippen LogP contribution in [0.25, 0.3) is 0 Å². The Balaban J connectivity index is 1.82. The van der Waals surface area contributed by atoms with Crippen molar-refractivity contribution in [1.82, 2.24) is 10.6 Å². The lowest BCUT2D eigenvalue weighted by atomic mass is 9.93. The molecule has 1 aliphatic rings. The SMILES string of the molecule is CCCCC1=C(C(=O)OCC)C(c2ccc(OCc3ccccc3F)cc2)NC(=O)N1. The summed E-state index contributed by atoms with van der Waals surface area (Å²) < 4.78 is 24.7. The van der Waals surface area contributed by atoms with Crippen molar-refractivity contribution in [2.24, 2.45) is 0 Å². The Hall–Kier alpha value is -3.35. The van der Waals surface area contributed by atoms with E-state index in [1.54, 1.807) is 49.4 Å². The van der Waals surface area contributed by atoms with Gasteiger partial charge in [-0.25, -0.2) is 14.0 Å². The summed E-state index contributed by atoms with van der Waals surface area (Å²) in [6, 6.07) is 12.5. The van der Waals surface area contributed by atoms with Crippen LogP contribution in [0.4, 0.5) is 9.18 Å². The van der Waals surface area contributed by atoms with Crippen LogP contribution >= 0.6 is 0 Å². The van der Waals surface area contributed by atoms with Gasteiger partial charge in [0.2, 0.25) is 0 Å². The van der Waals surface area contributed by atoms with Gasteiger partial charge in [0.1, 0.15) is 18.2 Å². The van der Waals surface area contributed by atoms with Crippen LogP contribution in [-0.4, -0.2) is 18.6 Å². The molecule has 1 aliphatic heterocycles. The molecule has 3 rings (SSSR count). The van der Waals surface area contributed by atoms with Gasteiger partial charge in [0, 0.05) is 11.3 Å². The van der Waals surface area contributed by atoms with E-state index < -0.39 is 12.0 Å². The van der Waals surface area contributed by atoms with Crippen LogP contribution in [0.5, 0.6) is 5.75 Å². The quantitative estimate of drug-likeness (QED) is 0.567. The number of halogens is 1. The zero-order chi connectivity index (χ0) is 22.2. The molecular weight excluding hydrogens is 399 g/mol. The maximum atomic E-state index is 13.8. The molecular formula is C24H27FN2O4. The van der Waals surface area contributed by atoms with Crippen molar-refractivity contribution in [3.8, 4) is 5.75 Å². The van der Waals surface area contributed by atoms with E-state index in [0.717, 1.165) is 18.4 Å². The highest BCUT2D eigenvalue weighted by Gasteiger charge is 2.33. The number of ether oxygens (including phenoxy) is 2. The van der Waals surface area contributed by atoms with Gasteiger partial charge in [0.05, 0.1) is 18.2 Å². The van der Waals surface area contributed by atoms with Gasteiger partial charge in [-0.15, -0.1) is 0 Å². The smallest absolute Gasteiger partial charge is 0.338 e. The molecule has 1 heterocycles. The highest BCUT2D eigenvalue weighted by atomic mass is 19.1. The average Bonchev–Trinajstić information content (AvgIpc) is 2.77. The Morgan fingerprint density at radius 3 is 2.52 bits per heavy atom. The van der Waals surface area contributed by atoms with Gasteiger partial charge >= 0.3 is 12.0 Å². The lowest BCUT2D eigenvalue weighted by molar-refractivity contribution is -0.139. The molecule has 0 saturated carbocycles. The Kier molecular flexibility index (Phi) is 7.65. The summed E-state index contributed by atoms with van der Waals surface area (Å²) in [4.78, 5) is 24.9. The van der Waals surface area contributed by atoms with E-state index in [-0.39, 0.29) is 25.1 Å². The monoisotopic (exact) mass is 426 g/mol. The summed E-state index contributed by atoms with van der Waals surface area (Å²) >= 11 is 0. The molecule has 2 N–H and O–H groups in total. The number of urea groups is 1. The molecule has 0 spiro atoms. The van der Waals surface area contributed by atoms with Crippen molar-refractivity contribution < 1.29 is 23.5 Å². The van der Waals surface area contributed by atoms with E-state index in [4.69, 9.17) is 9.47 Å². The third kappa shape index (κ3) is 5.63. The third-order valence-electron chi connectivity index (χ3n) is 4.99. The molecule has 0 radical (unpaired) electrons. The zero-order valence-electron chi connectivity index (χ0n) is 17.7. The molecule has 2 aromatic rings.